The molecule has 5 heteroatoms. The van der Waals surface area contributed by atoms with Crippen molar-refractivity contribution in [2.24, 2.45) is 11.3 Å². The van der Waals surface area contributed by atoms with Crippen LogP contribution in [0, 0.1) is 11.3 Å². The second-order valence-corrected chi connectivity index (χ2v) is 8.51. The molecular formula is C17H31NO4. The summed E-state index contributed by atoms with van der Waals surface area (Å²) in [5, 5.41) is 29.2. The third-order valence-electron chi connectivity index (χ3n) is 5.93. The average molecular weight is 313 g/mol. The Kier molecular flexibility index (Phi) is 4.56. The van der Waals surface area contributed by atoms with E-state index >= 15 is 0 Å². The van der Waals surface area contributed by atoms with E-state index in [1.54, 1.807) is 0 Å². The zero-order chi connectivity index (χ0) is 16.0. The summed E-state index contributed by atoms with van der Waals surface area (Å²) in [4.78, 5) is 2.11. The van der Waals surface area contributed by atoms with Crippen molar-refractivity contribution >= 4 is 0 Å². The van der Waals surface area contributed by atoms with E-state index in [4.69, 9.17) is 4.74 Å². The molecule has 2 aliphatic heterocycles. The number of rotatable bonds is 2. The van der Waals surface area contributed by atoms with Crippen LogP contribution in [0.1, 0.15) is 46.0 Å². The number of piperidine rings is 1. The van der Waals surface area contributed by atoms with Crippen LogP contribution in [0.3, 0.4) is 0 Å². The van der Waals surface area contributed by atoms with Gasteiger partial charge in [-0.15, -0.1) is 0 Å². The molecule has 0 aromatic heterocycles. The summed E-state index contributed by atoms with van der Waals surface area (Å²) in [5.41, 5.74) is 0.418. The zero-order valence-electron chi connectivity index (χ0n) is 13.9. The molecule has 0 amide bonds. The van der Waals surface area contributed by atoms with Crippen molar-refractivity contribution in [1.29, 1.82) is 0 Å². The summed E-state index contributed by atoms with van der Waals surface area (Å²) >= 11 is 0. The molecular weight excluding hydrogens is 282 g/mol. The van der Waals surface area contributed by atoms with Gasteiger partial charge >= 0.3 is 0 Å². The highest BCUT2D eigenvalue weighted by molar-refractivity contribution is 4.96. The smallest absolute Gasteiger partial charge is 0.108 e. The molecule has 3 aliphatic rings. The van der Waals surface area contributed by atoms with E-state index in [-0.39, 0.29) is 5.60 Å². The van der Waals surface area contributed by atoms with Crippen LogP contribution in [0.4, 0.5) is 0 Å². The minimum atomic E-state index is -0.997. The summed E-state index contributed by atoms with van der Waals surface area (Å²) in [7, 11) is 0. The van der Waals surface area contributed by atoms with Crippen molar-refractivity contribution in [2.75, 3.05) is 26.2 Å². The van der Waals surface area contributed by atoms with Gasteiger partial charge in [-0.3, -0.25) is 4.90 Å². The van der Waals surface area contributed by atoms with E-state index in [2.05, 4.69) is 18.7 Å². The maximum absolute atomic E-state index is 9.80. The molecule has 1 aliphatic carbocycles. The molecule has 3 rings (SSSR count). The molecule has 2 unspecified atom stereocenters. The number of ether oxygens (including phenoxy) is 1. The van der Waals surface area contributed by atoms with Gasteiger partial charge in [0.05, 0.1) is 24.4 Å². The van der Waals surface area contributed by atoms with Gasteiger partial charge in [-0.2, -0.15) is 0 Å². The van der Waals surface area contributed by atoms with Crippen molar-refractivity contribution in [2.45, 2.75) is 69.9 Å². The highest BCUT2D eigenvalue weighted by atomic mass is 16.5. The lowest BCUT2D eigenvalue weighted by molar-refractivity contribution is -0.113. The van der Waals surface area contributed by atoms with Crippen LogP contribution >= 0.6 is 0 Å². The van der Waals surface area contributed by atoms with Gasteiger partial charge in [0.1, 0.15) is 6.10 Å². The molecule has 2 heterocycles. The monoisotopic (exact) mass is 313 g/mol. The molecule has 2 saturated heterocycles. The fourth-order valence-electron chi connectivity index (χ4n) is 4.74. The first-order valence-electron chi connectivity index (χ1n) is 8.69. The van der Waals surface area contributed by atoms with E-state index in [0.29, 0.717) is 24.4 Å². The molecule has 128 valence electrons. The van der Waals surface area contributed by atoms with E-state index in [1.807, 2.05) is 0 Å². The first-order valence-corrected chi connectivity index (χ1v) is 8.69. The predicted molar refractivity (Wildman–Crippen MR) is 83.5 cm³/mol. The van der Waals surface area contributed by atoms with Gasteiger partial charge in [-0.1, -0.05) is 0 Å². The van der Waals surface area contributed by atoms with E-state index in [0.717, 1.165) is 13.2 Å². The first-order chi connectivity index (χ1) is 10.3. The molecule has 5 nitrogen and oxygen atoms in total. The Labute approximate surface area is 133 Å². The normalized spacial score (nSPS) is 46.2. The second kappa shape index (κ2) is 6.02. The van der Waals surface area contributed by atoms with Gasteiger partial charge in [-0.25, -0.2) is 0 Å². The highest BCUT2D eigenvalue weighted by Gasteiger charge is 2.46. The average Bonchev–Trinajstić information content (AvgIpc) is 2.74. The van der Waals surface area contributed by atoms with E-state index < -0.39 is 18.3 Å². The molecule has 0 radical (unpaired) electrons. The van der Waals surface area contributed by atoms with Crippen LogP contribution in [-0.4, -0.2) is 70.4 Å². The maximum Gasteiger partial charge on any atom is 0.108 e. The summed E-state index contributed by atoms with van der Waals surface area (Å²) in [6.45, 7) is 7.14. The summed E-state index contributed by atoms with van der Waals surface area (Å²) in [6.07, 6.45) is 3.36. The number of hydrogen-bond acceptors (Lipinski definition) is 5. The standard InChI is InChI=1S/C17H31NO4/c1-16(2)10-17(11-22-16)5-3-12(4-6-17)7-18-8-13(19)15(21)14(20)9-18/h12-15,19-21H,3-11H2,1-2H3. The Morgan fingerprint density at radius 1 is 1.05 bits per heavy atom. The lowest BCUT2D eigenvalue weighted by Crippen LogP contribution is -2.56. The number of β-amino-alcohol motifs (C(OH)–C–C–N with tert-alkyl or cyclic N) is 2. The Morgan fingerprint density at radius 2 is 1.64 bits per heavy atom. The van der Waals surface area contributed by atoms with Crippen molar-refractivity contribution in [3.8, 4) is 0 Å². The quantitative estimate of drug-likeness (QED) is 0.702. The molecule has 1 saturated carbocycles. The summed E-state index contributed by atoms with van der Waals surface area (Å²) < 4.78 is 5.95. The highest BCUT2D eigenvalue weighted by Crippen LogP contribution is 2.50. The van der Waals surface area contributed by atoms with Gasteiger partial charge in [-0.05, 0) is 57.3 Å². The van der Waals surface area contributed by atoms with Gasteiger partial charge < -0.3 is 20.1 Å². The minimum Gasteiger partial charge on any atom is -0.389 e. The fourth-order valence-corrected chi connectivity index (χ4v) is 4.74. The van der Waals surface area contributed by atoms with Crippen LogP contribution in [0.25, 0.3) is 0 Å². The molecule has 22 heavy (non-hydrogen) atoms. The molecule has 0 aromatic rings. The molecule has 0 aromatic carbocycles. The van der Waals surface area contributed by atoms with Crippen molar-refractivity contribution in [1.82, 2.24) is 4.90 Å². The van der Waals surface area contributed by atoms with Crippen LogP contribution in [-0.2, 0) is 4.74 Å². The number of aliphatic hydroxyl groups is 3. The minimum absolute atomic E-state index is 0.0318. The maximum atomic E-state index is 9.80. The van der Waals surface area contributed by atoms with E-state index in [1.165, 1.54) is 32.1 Å². The van der Waals surface area contributed by atoms with Crippen LogP contribution in [0.5, 0.6) is 0 Å². The lowest BCUT2D eigenvalue weighted by Gasteiger charge is -2.41. The third kappa shape index (κ3) is 3.49. The van der Waals surface area contributed by atoms with Crippen molar-refractivity contribution in [3.05, 3.63) is 0 Å². The Morgan fingerprint density at radius 3 is 2.14 bits per heavy atom. The zero-order valence-corrected chi connectivity index (χ0v) is 13.9. The number of hydrogen-bond donors (Lipinski definition) is 3. The predicted octanol–water partition coefficient (Wildman–Crippen LogP) is 0.760. The molecule has 3 N–H and O–H groups in total. The fraction of sp³-hybridized carbons (Fsp3) is 1.00. The summed E-state index contributed by atoms with van der Waals surface area (Å²) in [6, 6.07) is 0. The topological polar surface area (TPSA) is 73.2 Å². The van der Waals surface area contributed by atoms with Crippen molar-refractivity contribution in [3.63, 3.8) is 0 Å². The molecule has 0 bridgehead atoms. The molecule has 2 atom stereocenters. The molecule has 3 fully saturated rings. The lowest BCUT2D eigenvalue weighted by atomic mass is 9.68. The molecule has 1 spiro atoms. The van der Waals surface area contributed by atoms with E-state index in [9.17, 15) is 15.3 Å². The SMILES string of the molecule is CC1(C)CC2(CCC(CN3CC(O)C(O)C(O)C3)CC2)CO1. The van der Waals surface area contributed by atoms with Gasteiger partial charge in [0, 0.05) is 19.6 Å². The van der Waals surface area contributed by atoms with Crippen LogP contribution < -0.4 is 0 Å². The largest absolute Gasteiger partial charge is 0.389 e. The number of nitrogens with zero attached hydrogens (tertiary/aromatic N) is 1. The van der Waals surface area contributed by atoms with Crippen LogP contribution in [0.2, 0.25) is 0 Å². The second-order valence-electron chi connectivity index (χ2n) is 8.51. The van der Waals surface area contributed by atoms with Gasteiger partial charge in [0.25, 0.3) is 0 Å². The van der Waals surface area contributed by atoms with Gasteiger partial charge in [0.2, 0.25) is 0 Å². The third-order valence-corrected chi connectivity index (χ3v) is 5.93. The van der Waals surface area contributed by atoms with Crippen molar-refractivity contribution < 1.29 is 20.1 Å². The number of likely N-dealkylation sites (tertiary alicyclic amines) is 1. The number of aliphatic hydroxyl groups excluding tert-OH is 3. The van der Waals surface area contributed by atoms with Crippen LogP contribution in [0.15, 0.2) is 0 Å². The van der Waals surface area contributed by atoms with Gasteiger partial charge in [0.15, 0.2) is 0 Å². The Bertz CT molecular complexity index is 380. The first kappa shape index (κ1) is 16.7. The summed E-state index contributed by atoms with van der Waals surface area (Å²) in [5.74, 6) is 0.629. The Hall–Kier alpha value is -0.200. The Balaban J connectivity index is 1.48.